The van der Waals surface area contributed by atoms with E-state index in [0.717, 1.165) is 43.2 Å². The van der Waals surface area contributed by atoms with Gasteiger partial charge in [-0.3, -0.25) is 14.5 Å². The van der Waals surface area contributed by atoms with Crippen LogP contribution in [0.1, 0.15) is 32.3 Å². The zero-order chi connectivity index (χ0) is 17.6. The maximum Gasteiger partial charge on any atom is 0.255 e. The highest BCUT2D eigenvalue weighted by molar-refractivity contribution is 5.89. The number of nitrogens with one attached hydrogen (secondary N) is 2. The lowest BCUT2D eigenvalue weighted by atomic mass is 9.68. The number of amides is 1. The van der Waals surface area contributed by atoms with E-state index in [1.54, 1.807) is 0 Å². The fraction of sp³-hybridized carbons (Fsp3) is 0.500. The molecule has 132 valence electrons. The Bertz CT molecular complexity index is 863. The Morgan fingerprint density at radius 2 is 1.80 bits per heavy atom. The standard InChI is InChI=1S/C20H25N3O2/c1-20(2)17(22-19(20)25)13-7-9-23(10-8-13)12-14-11-21-18(24)16-6-4-3-5-15(14)16/h3-6,11,13,17H,7-10,12H2,1-2H3,(H,21,24)(H,22,25). The van der Waals surface area contributed by atoms with Crippen LogP contribution in [0.25, 0.3) is 10.8 Å². The number of rotatable bonds is 3. The number of aromatic amines is 1. The number of hydrogen-bond acceptors (Lipinski definition) is 3. The van der Waals surface area contributed by atoms with Crippen LogP contribution in [0.15, 0.2) is 35.3 Å². The molecule has 0 radical (unpaired) electrons. The van der Waals surface area contributed by atoms with Crippen molar-refractivity contribution in [3.05, 3.63) is 46.4 Å². The maximum atomic E-state index is 12.0. The monoisotopic (exact) mass is 339 g/mol. The summed E-state index contributed by atoms with van der Waals surface area (Å²) in [5, 5.41) is 4.90. The fourth-order valence-corrected chi connectivity index (χ4v) is 4.36. The molecule has 1 amide bonds. The molecule has 5 heteroatoms. The minimum absolute atomic E-state index is 0.0268. The van der Waals surface area contributed by atoms with E-state index in [4.69, 9.17) is 0 Å². The van der Waals surface area contributed by atoms with Gasteiger partial charge in [0, 0.05) is 24.2 Å². The minimum Gasteiger partial charge on any atom is -0.351 e. The molecular formula is C20H25N3O2. The number of carbonyl (C=O) groups excluding carboxylic acids is 1. The molecule has 1 aromatic heterocycles. The van der Waals surface area contributed by atoms with Gasteiger partial charge in [-0.25, -0.2) is 0 Å². The number of β-lactam (4-membered cyclic amide) rings is 1. The van der Waals surface area contributed by atoms with Gasteiger partial charge in [0.2, 0.25) is 5.91 Å². The summed E-state index contributed by atoms with van der Waals surface area (Å²) in [6.07, 6.45) is 4.07. The van der Waals surface area contributed by atoms with Crippen molar-refractivity contribution < 1.29 is 4.79 Å². The van der Waals surface area contributed by atoms with Crippen LogP contribution in [0.2, 0.25) is 0 Å². The van der Waals surface area contributed by atoms with E-state index in [1.165, 1.54) is 5.56 Å². The first-order valence-corrected chi connectivity index (χ1v) is 9.09. The quantitative estimate of drug-likeness (QED) is 0.843. The van der Waals surface area contributed by atoms with Crippen molar-refractivity contribution in [2.24, 2.45) is 11.3 Å². The maximum absolute atomic E-state index is 12.0. The van der Waals surface area contributed by atoms with E-state index in [9.17, 15) is 9.59 Å². The second kappa shape index (κ2) is 5.99. The summed E-state index contributed by atoms with van der Waals surface area (Å²) >= 11 is 0. The molecule has 1 atom stereocenters. The second-order valence-electron chi connectivity index (χ2n) is 7.98. The molecule has 4 rings (SSSR count). The average molecular weight is 339 g/mol. The van der Waals surface area contributed by atoms with Gasteiger partial charge in [0.25, 0.3) is 5.56 Å². The van der Waals surface area contributed by atoms with Crippen LogP contribution < -0.4 is 10.9 Å². The molecule has 0 aliphatic carbocycles. The number of aromatic nitrogens is 1. The minimum atomic E-state index is -0.220. The van der Waals surface area contributed by atoms with Crippen LogP contribution in [0.4, 0.5) is 0 Å². The highest BCUT2D eigenvalue weighted by Gasteiger charge is 2.50. The number of H-pyrrole nitrogens is 1. The van der Waals surface area contributed by atoms with Gasteiger partial charge < -0.3 is 10.3 Å². The number of pyridine rings is 1. The number of carbonyl (C=O) groups is 1. The predicted molar refractivity (Wildman–Crippen MR) is 98.3 cm³/mol. The molecule has 5 nitrogen and oxygen atoms in total. The SMILES string of the molecule is CC1(C)C(=O)NC1C1CCN(Cc2c[nH]c(=O)c3ccccc23)CC1. The summed E-state index contributed by atoms with van der Waals surface area (Å²) in [6, 6.07) is 8.11. The van der Waals surface area contributed by atoms with Gasteiger partial charge in [-0.2, -0.15) is 0 Å². The third-order valence-corrected chi connectivity index (χ3v) is 6.04. The summed E-state index contributed by atoms with van der Waals surface area (Å²) < 4.78 is 0. The molecule has 1 aromatic carbocycles. The summed E-state index contributed by atoms with van der Waals surface area (Å²) in [5.74, 6) is 0.746. The fourth-order valence-electron chi connectivity index (χ4n) is 4.36. The summed E-state index contributed by atoms with van der Waals surface area (Å²) in [7, 11) is 0. The van der Waals surface area contributed by atoms with Crippen LogP contribution in [-0.2, 0) is 11.3 Å². The van der Waals surface area contributed by atoms with Gasteiger partial charge in [0.15, 0.2) is 0 Å². The summed E-state index contributed by atoms with van der Waals surface area (Å²) in [6.45, 7) is 7.01. The zero-order valence-corrected chi connectivity index (χ0v) is 14.8. The molecular weight excluding hydrogens is 314 g/mol. The van der Waals surface area contributed by atoms with Crippen molar-refractivity contribution >= 4 is 16.7 Å². The first-order valence-electron chi connectivity index (χ1n) is 9.09. The van der Waals surface area contributed by atoms with Crippen LogP contribution in [0.3, 0.4) is 0 Å². The number of nitrogens with zero attached hydrogens (tertiary/aromatic N) is 1. The van der Waals surface area contributed by atoms with Crippen LogP contribution in [0, 0.1) is 11.3 Å². The van der Waals surface area contributed by atoms with Crippen molar-refractivity contribution in [3.8, 4) is 0 Å². The Hall–Kier alpha value is -2.14. The van der Waals surface area contributed by atoms with E-state index in [2.05, 4.69) is 29.0 Å². The molecule has 2 N–H and O–H groups in total. The lowest BCUT2D eigenvalue weighted by molar-refractivity contribution is -0.146. The lowest BCUT2D eigenvalue weighted by Gasteiger charge is -2.50. The topological polar surface area (TPSA) is 65.2 Å². The zero-order valence-electron chi connectivity index (χ0n) is 14.8. The van der Waals surface area contributed by atoms with Crippen molar-refractivity contribution in [1.29, 1.82) is 0 Å². The number of hydrogen-bond donors (Lipinski definition) is 2. The smallest absolute Gasteiger partial charge is 0.255 e. The van der Waals surface area contributed by atoms with Gasteiger partial charge in [0.05, 0.1) is 5.41 Å². The Balaban J connectivity index is 1.44. The third-order valence-electron chi connectivity index (χ3n) is 6.04. The molecule has 1 unspecified atom stereocenters. The average Bonchev–Trinajstić information content (AvgIpc) is 2.63. The number of benzene rings is 1. The number of likely N-dealkylation sites (tertiary alicyclic amines) is 1. The van der Waals surface area contributed by atoms with Crippen LogP contribution in [0.5, 0.6) is 0 Å². The predicted octanol–water partition coefficient (Wildman–Crippen LogP) is 2.26. The molecule has 2 aromatic rings. The van der Waals surface area contributed by atoms with Crippen LogP contribution >= 0.6 is 0 Å². The Labute approximate surface area is 147 Å². The van der Waals surface area contributed by atoms with Crippen molar-refractivity contribution in [1.82, 2.24) is 15.2 Å². The molecule has 0 saturated carbocycles. The first-order chi connectivity index (χ1) is 12.0. The first kappa shape index (κ1) is 16.3. The number of fused-ring (bicyclic) bond motifs is 1. The second-order valence-corrected chi connectivity index (χ2v) is 7.98. The Kier molecular flexibility index (Phi) is 3.91. The third kappa shape index (κ3) is 2.76. The van der Waals surface area contributed by atoms with Gasteiger partial charge >= 0.3 is 0 Å². The van der Waals surface area contributed by atoms with Crippen LogP contribution in [-0.4, -0.2) is 34.9 Å². The summed E-state index contributed by atoms with van der Waals surface area (Å²) in [4.78, 5) is 29.0. The van der Waals surface area contributed by atoms with E-state index in [-0.39, 0.29) is 16.9 Å². The van der Waals surface area contributed by atoms with Crippen molar-refractivity contribution in [2.45, 2.75) is 39.3 Å². The van der Waals surface area contributed by atoms with Gasteiger partial charge in [-0.1, -0.05) is 18.2 Å². The largest absolute Gasteiger partial charge is 0.351 e. The molecule has 2 fully saturated rings. The van der Waals surface area contributed by atoms with Crippen molar-refractivity contribution in [2.75, 3.05) is 13.1 Å². The summed E-state index contributed by atoms with van der Waals surface area (Å²) in [5.41, 5.74) is 0.925. The molecule has 2 saturated heterocycles. The van der Waals surface area contributed by atoms with E-state index >= 15 is 0 Å². The van der Waals surface area contributed by atoms with E-state index in [0.29, 0.717) is 12.0 Å². The Morgan fingerprint density at radius 1 is 1.12 bits per heavy atom. The molecule has 0 bridgehead atoms. The molecule has 25 heavy (non-hydrogen) atoms. The highest BCUT2D eigenvalue weighted by Crippen LogP contribution is 2.38. The van der Waals surface area contributed by atoms with E-state index < -0.39 is 0 Å². The Morgan fingerprint density at radius 3 is 2.44 bits per heavy atom. The molecule has 0 spiro atoms. The lowest BCUT2D eigenvalue weighted by Crippen LogP contribution is -2.67. The highest BCUT2D eigenvalue weighted by atomic mass is 16.2. The van der Waals surface area contributed by atoms with E-state index in [1.807, 2.05) is 30.5 Å². The van der Waals surface area contributed by atoms with Crippen molar-refractivity contribution in [3.63, 3.8) is 0 Å². The molecule has 2 aliphatic rings. The normalized spacial score (nSPS) is 24.1. The van der Waals surface area contributed by atoms with Gasteiger partial charge in [-0.05, 0) is 62.7 Å². The molecule has 3 heterocycles. The molecule has 2 aliphatic heterocycles. The van der Waals surface area contributed by atoms with Gasteiger partial charge in [-0.15, -0.1) is 0 Å². The van der Waals surface area contributed by atoms with Gasteiger partial charge in [0.1, 0.15) is 0 Å². The number of piperidine rings is 1.